The van der Waals surface area contributed by atoms with Gasteiger partial charge in [-0.15, -0.1) is 0 Å². The van der Waals surface area contributed by atoms with Crippen LogP contribution in [0, 0.1) is 6.92 Å². The quantitative estimate of drug-likeness (QED) is 0.595. The summed E-state index contributed by atoms with van der Waals surface area (Å²) in [6.45, 7) is 2.70. The lowest BCUT2D eigenvalue weighted by molar-refractivity contribution is -0.134. The summed E-state index contributed by atoms with van der Waals surface area (Å²) in [6, 6.07) is -0.814. The molecule has 88 valence electrons. The molecule has 1 aromatic rings. The summed E-state index contributed by atoms with van der Waals surface area (Å²) in [5.74, 6) is 0.658. The first kappa shape index (κ1) is 11.1. The number of amides is 1. The van der Waals surface area contributed by atoms with Crippen LogP contribution in [0.2, 0.25) is 0 Å². The molecule has 1 aliphatic rings. The number of nitrogens with two attached hydrogens (primary N) is 1. The normalized spacial score (nSPS) is 17.1. The molecule has 0 saturated carbocycles. The summed E-state index contributed by atoms with van der Waals surface area (Å²) in [5, 5.41) is 8.84. The van der Waals surface area contributed by atoms with Crippen LogP contribution in [0.3, 0.4) is 0 Å². The highest BCUT2D eigenvalue weighted by Gasteiger charge is 2.26. The molecule has 0 aliphatic carbocycles. The molecular formula is C10H16N4O2. The van der Waals surface area contributed by atoms with E-state index in [1.165, 1.54) is 0 Å². The summed E-state index contributed by atoms with van der Waals surface area (Å²) in [5.41, 5.74) is 7.51. The van der Waals surface area contributed by atoms with E-state index in [2.05, 4.69) is 9.97 Å². The van der Waals surface area contributed by atoms with Crippen LogP contribution in [0.5, 0.6) is 0 Å². The zero-order chi connectivity index (χ0) is 11.7. The fraction of sp³-hybridized carbons (Fsp3) is 0.600. The first-order valence-corrected chi connectivity index (χ1v) is 5.31. The van der Waals surface area contributed by atoms with E-state index in [0.717, 1.165) is 23.6 Å². The zero-order valence-corrected chi connectivity index (χ0v) is 9.23. The van der Waals surface area contributed by atoms with Gasteiger partial charge in [-0.05, 0) is 6.92 Å². The van der Waals surface area contributed by atoms with E-state index >= 15 is 0 Å². The number of nitrogens with zero attached hydrogens (tertiary/aromatic N) is 2. The minimum Gasteiger partial charge on any atom is -0.394 e. The third-order valence-electron chi connectivity index (χ3n) is 2.78. The third-order valence-corrected chi connectivity index (χ3v) is 2.78. The van der Waals surface area contributed by atoms with Crippen molar-refractivity contribution in [3.63, 3.8) is 0 Å². The number of hydrogen-bond donors (Lipinski definition) is 3. The molecule has 1 aliphatic heterocycles. The summed E-state index contributed by atoms with van der Waals surface area (Å²) < 4.78 is 0. The molecule has 1 unspecified atom stereocenters. The van der Waals surface area contributed by atoms with E-state index in [1.807, 2.05) is 6.92 Å². The minimum atomic E-state index is -0.814. The SMILES string of the molecule is Cc1nc2c([nH]1)CN(C(=O)C(N)CO)CC2. The van der Waals surface area contributed by atoms with Gasteiger partial charge >= 0.3 is 0 Å². The molecule has 16 heavy (non-hydrogen) atoms. The van der Waals surface area contributed by atoms with E-state index in [4.69, 9.17) is 10.8 Å². The molecule has 0 aromatic carbocycles. The molecule has 2 rings (SSSR count). The molecule has 6 heteroatoms. The Kier molecular flexibility index (Phi) is 2.93. The second-order valence-corrected chi connectivity index (χ2v) is 4.05. The minimum absolute atomic E-state index is 0.208. The highest BCUT2D eigenvalue weighted by Crippen LogP contribution is 2.16. The van der Waals surface area contributed by atoms with Crippen LogP contribution in [0.4, 0.5) is 0 Å². The number of H-pyrrole nitrogens is 1. The number of carbonyl (C=O) groups excluding carboxylic acids is 1. The molecule has 2 heterocycles. The largest absolute Gasteiger partial charge is 0.394 e. The fourth-order valence-corrected chi connectivity index (χ4v) is 1.94. The molecule has 1 aromatic heterocycles. The molecule has 0 saturated heterocycles. The molecule has 1 atom stereocenters. The number of imidazole rings is 1. The Labute approximate surface area is 93.5 Å². The van der Waals surface area contributed by atoms with Gasteiger partial charge in [-0.1, -0.05) is 0 Å². The molecule has 4 N–H and O–H groups in total. The maximum Gasteiger partial charge on any atom is 0.242 e. The van der Waals surface area contributed by atoms with Gasteiger partial charge in [0.25, 0.3) is 0 Å². The Balaban J connectivity index is 2.10. The van der Waals surface area contributed by atoms with Gasteiger partial charge in [0.2, 0.25) is 5.91 Å². The average Bonchev–Trinajstić information content (AvgIpc) is 2.65. The van der Waals surface area contributed by atoms with Crippen molar-refractivity contribution in [2.45, 2.75) is 25.9 Å². The van der Waals surface area contributed by atoms with Gasteiger partial charge in [0.1, 0.15) is 11.9 Å². The fourth-order valence-electron chi connectivity index (χ4n) is 1.94. The van der Waals surface area contributed by atoms with E-state index in [0.29, 0.717) is 13.1 Å². The summed E-state index contributed by atoms with van der Waals surface area (Å²) in [4.78, 5) is 20.9. The number of carbonyl (C=O) groups is 1. The lowest BCUT2D eigenvalue weighted by atomic mass is 10.1. The van der Waals surface area contributed by atoms with Crippen molar-refractivity contribution in [1.29, 1.82) is 0 Å². The Bertz CT molecular complexity index is 402. The van der Waals surface area contributed by atoms with Crippen LogP contribution >= 0.6 is 0 Å². The van der Waals surface area contributed by atoms with Gasteiger partial charge in [0, 0.05) is 13.0 Å². The van der Waals surface area contributed by atoms with Gasteiger partial charge in [-0.2, -0.15) is 0 Å². The van der Waals surface area contributed by atoms with Gasteiger partial charge in [0.05, 0.1) is 24.5 Å². The van der Waals surface area contributed by atoms with Gasteiger partial charge < -0.3 is 20.7 Å². The van der Waals surface area contributed by atoms with Crippen LogP contribution in [-0.4, -0.2) is 45.1 Å². The Hall–Kier alpha value is -1.40. The Morgan fingerprint density at radius 1 is 1.75 bits per heavy atom. The van der Waals surface area contributed by atoms with Crippen molar-refractivity contribution < 1.29 is 9.90 Å². The summed E-state index contributed by atoms with van der Waals surface area (Å²) in [6.07, 6.45) is 0.740. The lowest BCUT2D eigenvalue weighted by Gasteiger charge is -2.28. The molecule has 6 nitrogen and oxygen atoms in total. The van der Waals surface area contributed by atoms with Crippen LogP contribution in [0.1, 0.15) is 17.2 Å². The topological polar surface area (TPSA) is 95.2 Å². The molecule has 0 radical (unpaired) electrons. The Morgan fingerprint density at radius 2 is 2.50 bits per heavy atom. The number of aromatic amines is 1. The predicted molar refractivity (Wildman–Crippen MR) is 57.5 cm³/mol. The summed E-state index contributed by atoms with van der Waals surface area (Å²) >= 11 is 0. The van der Waals surface area contributed by atoms with E-state index in [1.54, 1.807) is 4.90 Å². The van der Waals surface area contributed by atoms with E-state index in [9.17, 15) is 4.79 Å². The van der Waals surface area contributed by atoms with Crippen molar-refractivity contribution >= 4 is 5.91 Å². The molecule has 0 spiro atoms. The number of nitrogens with one attached hydrogen (secondary N) is 1. The molecule has 0 bridgehead atoms. The first-order valence-electron chi connectivity index (χ1n) is 5.31. The molecule has 0 fully saturated rings. The van der Waals surface area contributed by atoms with Crippen molar-refractivity contribution in [2.24, 2.45) is 5.73 Å². The van der Waals surface area contributed by atoms with E-state index < -0.39 is 6.04 Å². The van der Waals surface area contributed by atoms with Crippen LogP contribution in [0.25, 0.3) is 0 Å². The maximum atomic E-state index is 11.8. The lowest BCUT2D eigenvalue weighted by Crippen LogP contribution is -2.47. The van der Waals surface area contributed by atoms with Gasteiger partial charge in [-0.25, -0.2) is 4.98 Å². The van der Waals surface area contributed by atoms with Gasteiger partial charge in [-0.3, -0.25) is 4.79 Å². The zero-order valence-electron chi connectivity index (χ0n) is 9.23. The number of rotatable bonds is 2. The number of aromatic nitrogens is 2. The number of aliphatic hydroxyl groups excluding tert-OH is 1. The van der Waals surface area contributed by atoms with Crippen molar-refractivity contribution in [2.75, 3.05) is 13.2 Å². The highest BCUT2D eigenvalue weighted by molar-refractivity contribution is 5.81. The van der Waals surface area contributed by atoms with Crippen LogP contribution < -0.4 is 5.73 Å². The van der Waals surface area contributed by atoms with Crippen molar-refractivity contribution in [1.82, 2.24) is 14.9 Å². The maximum absolute atomic E-state index is 11.8. The second-order valence-electron chi connectivity index (χ2n) is 4.05. The van der Waals surface area contributed by atoms with Crippen LogP contribution in [-0.2, 0) is 17.8 Å². The first-order chi connectivity index (χ1) is 7.61. The monoisotopic (exact) mass is 224 g/mol. The number of hydrogen-bond acceptors (Lipinski definition) is 4. The number of aryl methyl sites for hydroxylation is 1. The predicted octanol–water partition coefficient (Wildman–Crippen LogP) is -1.08. The molecule has 1 amide bonds. The number of aliphatic hydroxyl groups is 1. The highest BCUT2D eigenvalue weighted by atomic mass is 16.3. The standard InChI is InChI=1S/C10H16N4O2/c1-6-12-8-2-3-14(4-9(8)13-6)10(16)7(11)5-15/h7,15H,2-5,11H2,1H3,(H,12,13). The summed E-state index contributed by atoms with van der Waals surface area (Å²) in [7, 11) is 0. The molecular weight excluding hydrogens is 208 g/mol. The number of fused-ring (bicyclic) bond motifs is 1. The van der Waals surface area contributed by atoms with Crippen molar-refractivity contribution in [3.05, 3.63) is 17.2 Å². The van der Waals surface area contributed by atoms with Crippen molar-refractivity contribution in [3.8, 4) is 0 Å². The Morgan fingerprint density at radius 3 is 3.19 bits per heavy atom. The average molecular weight is 224 g/mol. The third kappa shape index (κ3) is 1.94. The van der Waals surface area contributed by atoms with Crippen LogP contribution in [0.15, 0.2) is 0 Å². The second kappa shape index (κ2) is 4.23. The van der Waals surface area contributed by atoms with E-state index in [-0.39, 0.29) is 12.5 Å². The van der Waals surface area contributed by atoms with Gasteiger partial charge in [0.15, 0.2) is 0 Å². The smallest absolute Gasteiger partial charge is 0.242 e.